The molecule has 0 bridgehead atoms. The molecule has 2 aromatic carbocycles. The van der Waals surface area contributed by atoms with Crippen LogP contribution in [-0.2, 0) is 35.1 Å². The Balaban J connectivity index is 0.000000174. The molecule has 0 amide bonds. The Kier molecular flexibility index (Phi) is 15.4. The molecule has 0 aromatic heterocycles. The lowest BCUT2D eigenvalue weighted by Crippen LogP contribution is -2.89. The third-order valence-electron chi connectivity index (χ3n) is 9.52. The molecule has 0 radical (unpaired) electrons. The first-order valence-corrected chi connectivity index (χ1v) is 17.3. The van der Waals surface area contributed by atoms with E-state index in [4.69, 9.17) is 24.1 Å². The number of ketones is 1. The lowest BCUT2D eigenvalue weighted by Gasteiger charge is -2.35. The first kappa shape index (κ1) is 38.1. The molecule has 2 aliphatic carbocycles. The standard InChI is InChI=1S/C18H27NO3.C11H18O4.C8H8O3/c20-18(14-22-17-8-11-21-13-17)9-6-16(7-10-18)19-12-15-4-2-1-3-5-15;12-9-1-4-11(13,5-2-9)8-15-10-3-6-14-7-10;9-7(8(10)11)6-4-2-1-3-5-6/h1-5,16-17,19-20H,6-14H2;10,13H,1-8H2;1-5,7,9H,(H,10,11)/t16?,17-,18?;10-;7-/m000/s1. The highest BCUT2D eigenvalue weighted by atomic mass is 16.6. The van der Waals surface area contributed by atoms with E-state index < -0.39 is 23.3 Å². The van der Waals surface area contributed by atoms with Crippen LogP contribution in [0.2, 0.25) is 0 Å². The lowest BCUT2D eigenvalue weighted by atomic mass is 9.82. The summed E-state index contributed by atoms with van der Waals surface area (Å²) in [5.74, 6) is -1.22. The van der Waals surface area contributed by atoms with Gasteiger partial charge in [-0.25, -0.2) is 0 Å². The number of benzene rings is 2. The van der Waals surface area contributed by atoms with Gasteiger partial charge in [0.15, 0.2) is 0 Å². The normalized spacial score (nSPS) is 27.2. The fourth-order valence-electron chi connectivity index (χ4n) is 6.22. The Hall–Kier alpha value is -2.74. The number of hydrogen-bond acceptors (Lipinski definition) is 10. The Morgan fingerprint density at radius 1 is 0.812 bits per heavy atom. The molecule has 3 atom stereocenters. The van der Waals surface area contributed by atoms with E-state index >= 15 is 0 Å². The van der Waals surface area contributed by atoms with Crippen molar-refractivity contribution in [3.05, 3.63) is 71.8 Å². The number of ether oxygens (including phenoxy) is 4. The number of quaternary nitrogens is 1. The predicted octanol–water partition coefficient (Wildman–Crippen LogP) is 1.37. The van der Waals surface area contributed by atoms with E-state index in [1.54, 1.807) is 18.2 Å². The first-order chi connectivity index (χ1) is 23.1. The van der Waals surface area contributed by atoms with Crippen molar-refractivity contribution in [2.24, 2.45) is 0 Å². The Morgan fingerprint density at radius 3 is 1.79 bits per heavy atom. The van der Waals surface area contributed by atoms with Crippen LogP contribution in [0.15, 0.2) is 60.7 Å². The van der Waals surface area contributed by atoms with Crippen LogP contribution in [0.1, 0.15) is 81.4 Å². The molecular weight excluding hydrogens is 618 g/mol. The van der Waals surface area contributed by atoms with Gasteiger partial charge in [-0.05, 0) is 44.1 Å². The molecule has 11 nitrogen and oxygen atoms in total. The molecule has 4 aliphatic rings. The Labute approximate surface area is 283 Å². The zero-order chi connectivity index (χ0) is 34.2. The van der Waals surface area contributed by atoms with Crippen molar-refractivity contribution in [2.45, 2.75) is 106 Å². The molecule has 2 saturated carbocycles. The van der Waals surface area contributed by atoms with Gasteiger partial charge in [0.05, 0.1) is 61.8 Å². The minimum Gasteiger partial charge on any atom is -0.547 e. The van der Waals surface area contributed by atoms with Crippen LogP contribution < -0.4 is 10.4 Å². The third-order valence-corrected chi connectivity index (χ3v) is 9.52. The quantitative estimate of drug-likeness (QED) is 0.274. The molecule has 0 unspecified atom stereocenters. The van der Waals surface area contributed by atoms with Crippen LogP contribution in [-0.4, -0.2) is 96.2 Å². The number of nitrogens with two attached hydrogens (primary N) is 1. The average molecular weight is 672 g/mol. The Morgan fingerprint density at radius 2 is 1.31 bits per heavy atom. The topological polar surface area (TPSA) is 171 Å². The zero-order valence-corrected chi connectivity index (χ0v) is 27.9. The van der Waals surface area contributed by atoms with E-state index in [1.807, 2.05) is 0 Å². The van der Waals surface area contributed by atoms with Crippen LogP contribution in [0.25, 0.3) is 0 Å². The molecule has 11 heteroatoms. The van der Waals surface area contributed by atoms with Crippen LogP contribution >= 0.6 is 0 Å². The van der Waals surface area contributed by atoms with Gasteiger partial charge in [-0.2, -0.15) is 0 Å². The highest BCUT2D eigenvalue weighted by Gasteiger charge is 2.36. The minimum absolute atomic E-state index is 0.131. The largest absolute Gasteiger partial charge is 0.547 e. The number of rotatable bonds is 11. The van der Waals surface area contributed by atoms with Gasteiger partial charge in [-0.3, -0.25) is 4.79 Å². The average Bonchev–Trinajstić information content (AvgIpc) is 3.84. The summed E-state index contributed by atoms with van der Waals surface area (Å²) in [5.41, 5.74) is 0.302. The number of aliphatic carboxylic acids is 1. The van der Waals surface area contributed by atoms with Gasteiger partial charge in [-0.15, -0.1) is 0 Å². The molecule has 0 spiro atoms. The van der Waals surface area contributed by atoms with E-state index in [1.165, 1.54) is 17.7 Å². The summed E-state index contributed by atoms with van der Waals surface area (Å²) in [5, 5.41) is 42.3. The van der Waals surface area contributed by atoms with E-state index in [0.29, 0.717) is 63.7 Å². The van der Waals surface area contributed by atoms with Gasteiger partial charge in [0.25, 0.3) is 0 Å². The number of carbonyl (C=O) groups is 2. The zero-order valence-electron chi connectivity index (χ0n) is 27.9. The maximum absolute atomic E-state index is 11.0. The molecule has 2 aliphatic heterocycles. The van der Waals surface area contributed by atoms with Crippen molar-refractivity contribution in [2.75, 3.05) is 39.6 Å². The van der Waals surface area contributed by atoms with Crippen molar-refractivity contribution >= 4 is 11.8 Å². The van der Waals surface area contributed by atoms with E-state index in [9.17, 15) is 24.9 Å². The molecule has 2 heterocycles. The molecule has 2 aromatic rings. The van der Waals surface area contributed by atoms with E-state index in [2.05, 4.69) is 35.6 Å². The number of aliphatic hydroxyl groups excluding tert-OH is 1. The fraction of sp³-hybridized carbons (Fsp3) is 0.622. The van der Waals surface area contributed by atoms with E-state index in [0.717, 1.165) is 58.3 Å². The number of Topliss-reactive ketones (excluding diaryl/α,β-unsaturated/α-hetero) is 1. The van der Waals surface area contributed by atoms with Gasteiger partial charge >= 0.3 is 0 Å². The summed E-state index contributed by atoms with van der Waals surface area (Å²) in [7, 11) is 0. The van der Waals surface area contributed by atoms with Gasteiger partial charge in [0.1, 0.15) is 18.4 Å². The van der Waals surface area contributed by atoms with Crippen LogP contribution in [0.3, 0.4) is 0 Å². The smallest absolute Gasteiger partial charge is 0.133 e. The van der Waals surface area contributed by atoms with Crippen LogP contribution in [0, 0.1) is 0 Å². The van der Waals surface area contributed by atoms with Crippen molar-refractivity contribution in [3.63, 3.8) is 0 Å². The summed E-state index contributed by atoms with van der Waals surface area (Å²) in [6.45, 7) is 4.69. The second-order valence-electron chi connectivity index (χ2n) is 13.5. The van der Waals surface area contributed by atoms with Crippen molar-refractivity contribution < 1.29 is 54.3 Å². The van der Waals surface area contributed by atoms with Gasteiger partial charge in [-0.1, -0.05) is 60.7 Å². The number of carboxylic acid groups (broad SMARTS) is 1. The maximum atomic E-state index is 11.0. The molecule has 266 valence electrons. The number of carbonyl (C=O) groups excluding carboxylic acids is 2. The summed E-state index contributed by atoms with van der Waals surface area (Å²) in [6, 6.07) is 19.3. The predicted molar refractivity (Wildman–Crippen MR) is 174 cm³/mol. The summed E-state index contributed by atoms with van der Waals surface area (Å²) in [4.78, 5) is 21.2. The highest BCUT2D eigenvalue weighted by molar-refractivity contribution is 5.79. The molecule has 4 fully saturated rings. The van der Waals surface area contributed by atoms with Crippen LogP contribution in [0.4, 0.5) is 0 Å². The molecular formula is C37H53NO10. The Bertz CT molecular complexity index is 1200. The fourth-order valence-corrected chi connectivity index (χ4v) is 6.22. The number of carboxylic acids is 1. The second kappa shape index (κ2) is 19.4. The minimum atomic E-state index is -1.52. The molecule has 6 rings (SSSR count). The maximum Gasteiger partial charge on any atom is 0.133 e. The van der Waals surface area contributed by atoms with Gasteiger partial charge in [0, 0.05) is 44.5 Å². The monoisotopic (exact) mass is 671 g/mol. The second-order valence-corrected chi connectivity index (χ2v) is 13.5. The summed E-state index contributed by atoms with van der Waals surface area (Å²) in [6.07, 6.45) is 6.54. The SMILES string of the molecule is O=C([O-])[C@@H](O)c1ccccc1.O=C1CCC(O)(CO[C@H]2CCOC2)CC1.OC1(CO[C@H]2CCOC2)CCC([NH2+]Cc2ccccc2)CC1. The van der Waals surface area contributed by atoms with Crippen LogP contribution in [0.5, 0.6) is 0 Å². The van der Waals surface area contributed by atoms with Crippen molar-refractivity contribution in [1.82, 2.24) is 0 Å². The molecule has 48 heavy (non-hydrogen) atoms. The molecule has 5 N–H and O–H groups in total. The first-order valence-electron chi connectivity index (χ1n) is 17.3. The third kappa shape index (κ3) is 13.3. The summed E-state index contributed by atoms with van der Waals surface area (Å²) >= 11 is 0. The van der Waals surface area contributed by atoms with Crippen molar-refractivity contribution in [3.8, 4) is 0 Å². The summed E-state index contributed by atoms with van der Waals surface area (Å²) < 4.78 is 21.9. The number of aliphatic hydroxyl groups is 3. The van der Waals surface area contributed by atoms with Gasteiger partial charge < -0.3 is 49.5 Å². The number of hydrogen-bond donors (Lipinski definition) is 4. The molecule has 2 saturated heterocycles. The highest BCUT2D eigenvalue weighted by Crippen LogP contribution is 2.29. The van der Waals surface area contributed by atoms with Gasteiger partial charge in [0.2, 0.25) is 0 Å². The van der Waals surface area contributed by atoms with E-state index in [-0.39, 0.29) is 18.0 Å². The lowest BCUT2D eigenvalue weighted by molar-refractivity contribution is -0.707. The van der Waals surface area contributed by atoms with Crippen molar-refractivity contribution in [1.29, 1.82) is 0 Å².